The Morgan fingerprint density at radius 1 is 1.16 bits per heavy atom. The summed E-state index contributed by atoms with van der Waals surface area (Å²) < 4.78 is 27.2. The molecule has 9 heteroatoms. The fourth-order valence-electron chi connectivity index (χ4n) is 1.33. The van der Waals surface area contributed by atoms with Crippen LogP contribution in [0.3, 0.4) is 0 Å². The smallest absolute Gasteiger partial charge is 0.262 e. The van der Waals surface area contributed by atoms with Crippen LogP contribution in [0.2, 0.25) is 10.0 Å². The van der Waals surface area contributed by atoms with Gasteiger partial charge in [0.15, 0.2) is 5.82 Å². The molecule has 1 heterocycles. The predicted octanol–water partition coefficient (Wildman–Crippen LogP) is 3.35. The van der Waals surface area contributed by atoms with Gasteiger partial charge in [-0.15, -0.1) is 0 Å². The predicted molar refractivity (Wildman–Crippen MR) is 77.0 cm³/mol. The summed E-state index contributed by atoms with van der Waals surface area (Å²) >= 11 is 15.0. The van der Waals surface area contributed by atoms with Gasteiger partial charge in [0.05, 0.1) is 16.2 Å². The Hall–Kier alpha value is -0.890. The molecular formula is C10H6BrCl2N3O2S. The lowest BCUT2D eigenvalue weighted by Crippen LogP contribution is -2.15. The van der Waals surface area contributed by atoms with Crippen LogP contribution in [0.1, 0.15) is 0 Å². The average molecular weight is 383 g/mol. The fraction of sp³-hybridized carbons (Fsp3) is 0. The second-order valence-corrected chi connectivity index (χ2v) is 6.74. The molecule has 0 aliphatic heterocycles. The normalized spacial score (nSPS) is 11.3. The Kier molecular flexibility index (Phi) is 4.29. The molecule has 0 bridgehead atoms. The number of aromatic nitrogens is 2. The number of nitrogens with zero attached hydrogens (tertiary/aromatic N) is 2. The zero-order valence-electron chi connectivity index (χ0n) is 9.14. The van der Waals surface area contributed by atoms with Crippen molar-refractivity contribution in [2.45, 2.75) is 4.90 Å². The standard InChI is InChI=1S/C10H6BrCl2N3O2S/c11-6-3-7(12)10(8(13)4-6)19(17,18)16-9-5-14-1-2-15-9/h1-5H,(H,15,16). The summed E-state index contributed by atoms with van der Waals surface area (Å²) in [6, 6.07) is 2.89. The van der Waals surface area contributed by atoms with Crippen molar-refractivity contribution in [2.24, 2.45) is 0 Å². The van der Waals surface area contributed by atoms with Crippen molar-refractivity contribution in [1.82, 2.24) is 9.97 Å². The lowest BCUT2D eigenvalue weighted by Gasteiger charge is -2.10. The van der Waals surface area contributed by atoms with E-state index in [0.29, 0.717) is 4.47 Å². The van der Waals surface area contributed by atoms with E-state index in [0.717, 1.165) is 0 Å². The summed E-state index contributed by atoms with van der Waals surface area (Å²) in [6.07, 6.45) is 4.07. The van der Waals surface area contributed by atoms with Gasteiger partial charge in [0.1, 0.15) is 4.90 Å². The molecule has 1 aromatic carbocycles. The van der Waals surface area contributed by atoms with Crippen molar-refractivity contribution in [3.05, 3.63) is 45.2 Å². The van der Waals surface area contributed by atoms with Crippen molar-refractivity contribution in [2.75, 3.05) is 4.72 Å². The van der Waals surface area contributed by atoms with Crippen LogP contribution >= 0.6 is 39.1 Å². The zero-order chi connectivity index (χ0) is 14.0. The maximum Gasteiger partial charge on any atom is 0.266 e. The lowest BCUT2D eigenvalue weighted by atomic mass is 10.4. The van der Waals surface area contributed by atoms with E-state index in [1.165, 1.54) is 30.7 Å². The largest absolute Gasteiger partial charge is 0.266 e. The summed E-state index contributed by atoms with van der Waals surface area (Å²) in [7, 11) is -3.93. The highest BCUT2D eigenvalue weighted by atomic mass is 79.9. The quantitative estimate of drug-likeness (QED) is 0.883. The third kappa shape index (κ3) is 3.36. The molecular weight excluding hydrogens is 377 g/mol. The molecule has 0 saturated carbocycles. The third-order valence-electron chi connectivity index (χ3n) is 2.03. The number of benzene rings is 1. The number of nitrogens with one attached hydrogen (secondary N) is 1. The van der Waals surface area contributed by atoms with Crippen LogP contribution in [0, 0.1) is 0 Å². The molecule has 0 saturated heterocycles. The van der Waals surface area contributed by atoms with Crippen LogP contribution in [0.4, 0.5) is 5.82 Å². The molecule has 2 aromatic rings. The molecule has 0 atom stereocenters. The second kappa shape index (κ2) is 5.62. The maximum absolute atomic E-state index is 12.2. The van der Waals surface area contributed by atoms with Gasteiger partial charge in [-0.2, -0.15) is 0 Å². The molecule has 0 fully saturated rings. The van der Waals surface area contributed by atoms with Crippen LogP contribution in [0.5, 0.6) is 0 Å². The first-order valence-electron chi connectivity index (χ1n) is 4.83. The molecule has 0 radical (unpaired) electrons. The Morgan fingerprint density at radius 2 is 1.79 bits per heavy atom. The molecule has 5 nitrogen and oxygen atoms in total. The summed E-state index contributed by atoms with van der Waals surface area (Å²) in [6.45, 7) is 0. The van der Waals surface area contributed by atoms with Gasteiger partial charge in [0.25, 0.3) is 10.0 Å². The fourth-order valence-corrected chi connectivity index (χ4v) is 4.26. The van der Waals surface area contributed by atoms with E-state index in [9.17, 15) is 8.42 Å². The summed E-state index contributed by atoms with van der Waals surface area (Å²) in [4.78, 5) is 7.37. The molecule has 0 aliphatic carbocycles. The van der Waals surface area contributed by atoms with Crippen molar-refractivity contribution in [3.8, 4) is 0 Å². The number of anilines is 1. The van der Waals surface area contributed by atoms with Gasteiger partial charge in [0, 0.05) is 16.9 Å². The zero-order valence-corrected chi connectivity index (χ0v) is 13.1. The Bertz CT molecular complexity index is 687. The van der Waals surface area contributed by atoms with E-state index in [4.69, 9.17) is 23.2 Å². The molecule has 0 spiro atoms. The van der Waals surface area contributed by atoms with Crippen LogP contribution in [0.15, 0.2) is 40.1 Å². The van der Waals surface area contributed by atoms with Crippen LogP contribution < -0.4 is 4.72 Å². The minimum atomic E-state index is -3.93. The van der Waals surface area contributed by atoms with Gasteiger partial charge < -0.3 is 0 Å². The molecule has 0 unspecified atom stereocenters. The number of hydrogen-bond donors (Lipinski definition) is 1. The SMILES string of the molecule is O=S(=O)(Nc1cnccn1)c1c(Cl)cc(Br)cc1Cl. The summed E-state index contributed by atoms with van der Waals surface area (Å²) in [5.74, 6) is 0.0811. The Balaban J connectivity index is 2.46. The van der Waals surface area contributed by atoms with Crippen molar-refractivity contribution < 1.29 is 8.42 Å². The molecule has 100 valence electrons. The summed E-state index contributed by atoms with van der Waals surface area (Å²) in [5.41, 5.74) is 0. The monoisotopic (exact) mass is 381 g/mol. The van der Waals surface area contributed by atoms with Crippen molar-refractivity contribution >= 4 is 55.0 Å². The van der Waals surface area contributed by atoms with E-state index < -0.39 is 10.0 Å². The van der Waals surface area contributed by atoms with Crippen LogP contribution in [0.25, 0.3) is 0 Å². The van der Waals surface area contributed by atoms with Crippen LogP contribution in [-0.2, 0) is 10.0 Å². The Morgan fingerprint density at radius 3 is 2.32 bits per heavy atom. The van der Waals surface area contributed by atoms with Gasteiger partial charge in [-0.25, -0.2) is 13.4 Å². The second-order valence-electron chi connectivity index (χ2n) is 3.39. The van der Waals surface area contributed by atoms with E-state index in [1.54, 1.807) is 0 Å². The lowest BCUT2D eigenvalue weighted by molar-refractivity contribution is 0.601. The van der Waals surface area contributed by atoms with Gasteiger partial charge in [-0.3, -0.25) is 9.71 Å². The molecule has 1 aromatic heterocycles. The van der Waals surface area contributed by atoms with E-state index in [1.807, 2.05) is 0 Å². The van der Waals surface area contributed by atoms with Crippen molar-refractivity contribution in [1.29, 1.82) is 0 Å². The Labute approximate surface area is 128 Å². The minimum Gasteiger partial charge on any atom is -0.262 e. The number of rotatable bonds is 3. The first-order valence-corrected chi connectivity index (χ1v) is 7.87. The van der Waals surface area contributed by atoms with Gasteiger partial charge in [-0.1, -0.05) is 39.1 Å². The topological polar surface area (TPSA) is 72.0 Å². The average Bonchev–Trinajstić information content (AvgIpc) is 2.27. The number of sulfonamides is 1. The first kappa shape index (κ1) is 14.5. The van der Waals surface area contributed by atoms with Crippen molar-refractivity contribution in [3.63, 3.8) is 0 Å². The first-order chi connectivity index (χ1) is 8.90. The highest BCUT2D eigenvalue weighted by Gasteiger charge is 2.23. The number of halogens is 3. The highest BCUT2D eigenvalue weighted by molar-refractivity contribution is 9.10. The van der Waals surface area contributed by atoms with Gasteiger partial charge in [0.2, 0.25) is 0 Å². The van der Waals surface area contributed by atoms with E-state index in [-0.39, 0.29) is 20.8 Å². The molecule has 0 amide bonds. The maximum atomic E-state index is 12.2. The molecule has 19 heavy (non-hydrogen) atoms. The third-order valence-corrected chi connectivity index (χ3v) is 4.77. The van der Waals surface area contributed by atoms with E-state index in [2.05, 4.69) is 30.6 Å². The van der Waals surface area contributed by atoms with E-state index >= 15 is 0 Å². The molecule has 0 aliphatic rings. The summed E-state index contributed by atoms with van der Waals surface area (Å²) in [5, 5.41) is 0.0199. The number of hydrogen-bond acceptors (Lipinski definition) is 4. The molecule has 2 rings (SSSR count). The molecule has 1 N–H and O–H groups in total. The van der Waals surface area contributed by atoms with Crippen LogP contribution in [-0.4, -0.2) is 18.4 Å². The highest BCUT2D eigenvalue weighted by Crippen LogP contribution is 2.33. The van der Waals surface area contributed by atoms with Gasteiger partial charge >= 0.3 is 0 Å². The minimum absolute atomic E-state index is 0.00997. The van der Waals surface area contributed by atoms with Gasteiger partial charge in [-0.05, 0) is 12.1 Å².